The highest BCUT2D eigenvalue weighted by Gasteiger charge is 3.01. The van der Waals surface area contributed by atoms with Crippen molar-refractivity contribution in [3.05, 3.63) is 48.6 Å². The summed E-state index contributed by atoms with van der Waals surface area (Å²) in [6.07, 6.45) is -83.6. The van der Waals surface area contributed by atoms with Crippen molar-refractivity contribution >= 4 is 23.8 Å². The molecular formula is C66H46F68N2O10. The van der Waals surface area contributed by atoms with Gasteiger partial charge in [0, 0.05) is 70.3 Å². The van der Waals surface area contributed by atoms with E-state index in [1.54, 1.807) is 0 Å². The van der Waals surface area contributed by atoms with Crippen LogP contribution < -0.4 is 0 Å². The highest BCUT2D eigenvalue weighted by Crippen LogP contribution is 2.71. The van der Waals surface area contributed by atoms with E-state index in [0.717, 1.165) is 30.3 Å². The standard InChI is InChI=1S/C66H46F68N2O10/c1-2-22-141-34-32(145-29(140)13-21-136(19-7-15-36(69,70)40(77,78)44(85,86)48(93,94)52(101,102)56(109,110)60(117,118)64(126,127)128)27(138)11-17-38(73,74)42(81,82)46(89,90)50(97,98)54(105,106)58(113,114)62(121,122)66(132,133)134)31(30-25(143-34)23-142-33(146-30)24-8-4-3-5-9-24)144-28(139)12-20-135(18-6-14-35(67,68)39(75,76)43(83,84)47(91,92)51(99,100)55(107,108)59(115,116)63(123,124)125)26(137)10-16-37(71,72)41(79,80)45(87,88)49(95,96)53(103,104)57(111,112)61(119,120)65(129,130)131/h2-5,8-9,25,30-34H,1,6-7,10-23H2/t25-,30+,31+,32-,33?,34-/m1/s1. The fraction of sp³-hybridized carbons (Fsp3) is 0.818. The maximum Gasteiger partial charge on any atom is 0.460 e. The topological polar surface area (TPSA) is 130 Å². The summed E-state index contributed by atoms with van der Waals surface area (Å²) in [5.41, 5.74) is -0.414. The third-order valence-electron chi connectivity index (χ3n) is 20.4. The minimum atomic E-state index is -9.51. The Bertz CT molecular complexity index is 4630. The first-order valence-electron chi connectivity index (χ1n) is 36.8. The van der Waals surface area contributed by atoms with E-state index in [-0.39, 0.29) is 0 Å². The molecule has 856 valence electrons. The van der Waals surface area contributed by atoms with Gasteiger partial charge in [-0.25, -0.2) is 0 Å². The number of benzene rings is 1. The average molecular weight is 2320 g/mol. The summed E-state index contributed by atoms with van der Waals surface area (Å²) < 4.78 is 993. The molecule has 0 aromatic heterocycles. The minimum Gasteiger partial charge on any atom is -0.455 e. The van der Waals surface area contributed by atoms with E-state index in [1.165, 1.54) is 0 Å². The molecule has 0 saturated carbocycles. The zero-order chi connectivity index (χ0) is 116. The number of halogens is 68. The van der Waals surface area contributed by atoms with Crippen molar-refractivity contribution in [1.29, 1.82) is 0 Å². The lowest BCUT2D eigenvalue weighted by atomic mass is 9.88. The maximum absolute atomic E-state index is 15.3. The quantitative estimate of drug-likeness (QED) is 0.0353. The van der Waals surface area contributed by atoms with Crippen molar-refractivity contribution in [2.75, 3.05) is 39.4 Å². The number of carbonyl (C=O) groups excluding carboxylic acids is 4. The third-order valence-corrected chi connectivity index (χ3v) is 20.4. The Kier molecular flexibility index (Phi) is 36.3. The molecule has 0 spiro atoms. The van der Waals surface area contributed by atoms with Crippen LogP contribution in [0.4, 0.5) is 299 Å². The summed E-state index contributed by atoms with van der Waals surface area (Å²) in [6.45, 7) is -10.3. The van der Waals surface area contributed by atoms with Gasteiger partial charge < -0.3 is 38.2 Å². The average Bonchev–Trinajstić information content (AvgIpc) is 0.701. The van der Waals surface area contributed by atoms with E-state index in [2.05, 4.69) is 6.58 Å². The second-order valence-electron chi connectivity index (χ2n) is 30.3. The number of hydrogen-bond acceptors (Lipinski definition) is 10. The fourth-order valence-corrected chi connectivity index (χ4v) is 11.7. The summed E-state index contributed by atoms with van der Waals surface area (Å²) in [5.74, 6) is -264. The van der Waals surface area contributed by atoms with Gasteiger partial charge in [0.25, 0.3) is 0 Å². The molecule has 0 radical (unpaired) electrons. The van der Waals surface area contributed by atoms with E-state index in [0.29, 0.717) is 6.08 Å². The number of carbonyl (C=O) groups is 4. The van der Waals surface area contributed by atoms with E-state index in [1.807, 2.05) is 0 Å². The summed E-state index contributed by atoms with van der Waals surface area (Å²) >= 11 is 0. The van der Waals surface area contributed by atoms with Crippen LogP contribution in [0.25, 0.3) is 0 Å². The van der Waals surface area contributed by atoms with E-state index >= 15 is 61.5 Å². The number of hydrogen-bond donors (Lipinski definition) is 0. The van der Waals surface area contributed by atoms with Gasteiger partial charge in [-0.15, -0.1) is 6.58 Å². The zero-order valence-corrected chi connectivity index (χ0v) is 68.1. The number of fused-ring (bicyclic) bond motifs is 1. The summed E-state index contributed by atoms with van der Waals surface area (Å²) in [6, 6.07) is 4.83. The van der Waals surface area contributed by atoms with Gasteiger partial charge >= 0.3 is 202 Å². The lowest BCUT2D eigenvalue weighted by molar-refractivity contribution is -0.461. The number of alkyl halides is 68. The Morgan fingerprint density at radius 3 is 0.753 bits per heavy atom. The summed E-state index contributed by atoms with van der Waals surface area (Å²) in [4.78, 5) is 52.7. The van der Waals surface area contributed by atoms with E-state index in [4.69, 9.17) is 28.4 Å². The first-order chi connectivity index (χ1) is 63.8. The van der Waals surface area contributed by atoms with Crippen molar-refractivity contribution in [2.45, 2.75) is 292 Å². The highest BCUT2D eigenvalue weighted by molar-refractivity contribution is 5.78. The van der Waals surface area contributed by atoms with E-state index < -0.39 is 370 Å². The number of nitrogens with zero attached hydrogens (tertiary/aromatic N) is 2. The zero-order valence-electron chi connectivity index (χ0n) is 68.1. The molecule has 2 amide bonds. The molecule has 146 heavy (non-hydrogen) atoms. The second-order valence-corrected chi connectivity index (χ2v) is 30.3. The van der Waals surface area contributed by atoms with Gasteiger partial charge in [0.1, 0.15) is 12.2 Å². The van der Waals surface area contributed by atoms with Crippen molar-refractivity contribution < 1.29 is 346 Å². The molecule has 2 aliphatic heterocycles. The number of ether oxygens (including phenoxy) is 6. The normalized spacial score (nSPS) is 19.7. The number of amides is 2. The van der Waals surface area contributed by atoms with Gasteiger partial charge in [-0.3, -0.25) is 19.2 Å². The molecule has 6 atom stereocenters. The molecule has 2 fully saturated rings. The van der Waals surface area contributed by atoms with Crippen molar-refractivity contribution in [3.8, 4) is 0 Å². The molecule has 80 heteroatoms. The predicted molar refractivity (Wildman–Crippen MR) is 327 cm³/mol. The molecule has 1 unspecified atom stereocenters. The largest absolute Gasteiger partial charge is 0.460 e. The summed E-state index contributed by atoms with van der Waals surface area (Å²) in [7, 11) is 0. The summed E-state index contributed by atoms with van der Waals surface area (Å²) in [5, 5.41) is 0. The number of esters is 2. The second kappa shape index (κ2) is 40.2. The van der Waals surface area contributed by atoms with Crippen LogP contribution in [0, 0.1) is 0 Å². The van der Waals surface area contributed by atoms with Crippen molar-refractivity contribution in [3.63, 3.8) is 0 Å². The molecule has 1 aromatic carbocycles. The van der Waals surface area contributed by atoms with E-state index in [9.17, 15) is 256 Å². The molecule has 12 nitrogen and oxygen atoms in total. The van der Waals surface area contributed by atoms with Crippen LogP contribution in [-0.2, 0) is 47.6 Å². The third kappa shape index (κ3) is 21.3. The molecule has 2 heterocycles. The Morgan fingerprint density at radius 1 is 0.288 bits per heavy atom. The first-order valence-corrected chi connectivity index (χ1v) is 36.8. The van der Waals surface area contributed by atoms with Crippen LogP contribution in [0.1, 0.15) is 76.1 Å². The number of rotatable bonds is 50. The molecule has 2 saturated heterocycles. The van der Waals surface area contributed by atoms with Crippen LogP contribution in [-0.4, -0.2) is 294 Å². The van der Waals surface area contributed by atoms with Gasteiger partial charge in [-0.2, -0.15) is 299 Å². The first kappa shape index (κ1) is 132. The predicted octanol–water partition coefficient (Wildman–Crippen LogP) is 25.4. The SMILES string of the molecule is C=CCO[C@@H]1O[C@@H]2COC(c3ccccc3)O[C@@H]2[C@H](OC(=O)CCN(CCCC(F)(F)C(F)(F)C(F)(F)C(F)(F)C(F)(F)C(F)(F)C(F)(F)C(F)(F)F)C(=O)CCC(F)(F)C(F)(F)C(F)(F)C(F)(F)C(F)(F)C(F)(F)C(F)(F)C(F)(F)F)[C@H]1OC(=O)CCN(CCCC(F)(F)C(F)(F)C(F)(F)C(F)(F)C(F)(F)C(F)(F)C(F)(F)C(F)(F)F)C(=O)CCC(F)(F)C(F)(F)C(F)(F)C(F)(F)C(F)(F)C(F)(F)C(F)(F)C(F)(F)F. The molecule has 0 aliphatic carbocycles. The van der Waals surface area contributed by atoms with Crippen molar-refractivity contribution in [1.82, 2.24) is 9.80 Å². The molecule has 0 bridgehead atoms. The van der Waals surface area contributed by atoms with Crippen LogP contribution in [0.2, 0.25) is 0 Å². The lowest BCUT2D eigenvalue weighted by Crippen LogP contribution is -2.74. The fourth-order valence-electron chi connectivity index (χ4n) is 11.7. The van der Waals surface area contributed by atoms with Gasteiger partial charge in [0.15, 0.2) is 24.8 Å². The maximum atomic E-state index is 15.3. The Morgan fingerprint density at radius 2 is 0.514 bits per heavy atom. The highest BCUT2D eigenvalue weighted by atomic mass is 19.5. The Labute approximate surface area is 759 Å². The van der Waals surface area contributed by atoms with Crippen LogP contribution in [0.5, 0.6) is 0 Å². The smallest absolute Gasteiger partial charge is 0.455 e. The van der Waals surface area contributed by atoms with Crippen LogP contribution >= 0.6 is 0 Å². The van der Waals surface area contributed by atoms with Gasteiger partial charge in [0.05, 0.1) is 26.1 Å². The Hall–Kier alpha value is -8.08. The molecule has 1 aromatic rings. The molecule has 3 rings (SSSR count). The lowest BCUT2D eigenvalue weighted by Gasteiger charge is -2.48. The monoisotopic (exact) mass is 2320 g/mol. The van der Waals surface area contributed by atoms with Crippen molar-refractivity contribution in [2.24, 2.45) is 0 Å². The minimum absolute atomic E-state index is 0.414. The van der Waals surface area contributed by atoms with Gasteiger partial charge in [0.2, 0.25) is 11.8 Å². The Balaban J connectivity index is 2.44. The van der Waals surface area contributed by atoms with Crippen LogP contribution in [0.15, 0.2) is 43.0 Å². The molecule has 0 N–H and O–H groups in total. The van der Waals surface area contributed by atoms with Gasteiger partial charge in [-0.05, 0) is 12.8 Å². The molecule has 2 aliphatic rings. The molecular weight excluding hydrogens is 2270 g/mol. The van der Waals surface area contributed by atoms with Gasteiger partial charge in [-0.1, -0.05) is 36.4 Å². The van der Waals surface area contributed by atoms with Crippen LogP contribution in [0.3, 0.4) is 0 Å².